The average molecular weight is 719 g/mol. The Hall–Kier alpha value is -4.43. The number of hydrogen-bond acceptors (Lipinski definition) is 9. The van der Waals surface area contributed by atoms with Crippen molar-refractivity contribution in [2.45, 2.75) is 57.2 Å². The number of benzene rings is 2. The summed E-state index contributed by atoms with van der Waals surface area (Å²) in [6, 6.07) is 6.24. The second kappa shape index (κ2) is 13.2. The van der Waals surface area contributed by atoms with Crippen LogP contribution in [-0.4, -0.2) is 119 Å². The molecular weight excluding hydrogens is 673 g/mol. The van der Waals surface area contributed by atoms with Crippen LogP contribution in [0.4, 0.5) is 24.9 Å². The van der Waals surface area contributed by atoms with Gasteiger partial charge in [0.1, 0.15) is 11.3 Å². The molecule has 4 fully saturated rings. The van der Waals surface area contributed by atoms with E-state index in [1.165, 1.54) is 6.08 Å². The van der Waals surface area contributed by atoms with Crippen molar-refractivity contribution in [1.82, 2.24) is 30.0 Å². The Morgan fingerprint density at radius 3 is 2.56 bits per heavy atom. The second-order valence-electron chi connectivity index (χ2n) is 15.2. The Morgan fingerprint density at radius 2 is 1.88 bits per heavy atom. The van der Waals surface area contributed by atoms with Gasteiger partial charge in [-0.1, -0.05) is 12.6 Å². The van der Waals surface area contributed by atoms with Gasteiger partial charge in [-0.2, -0.15) is 23.3 Å². The molecule has 5 heterocycles. The number of hydrogen-bond donors (Lipinski definition) is 2. The van der Waals surface area contributed by atoms with Crippen molar-refractivity contribution in [2.24, 2.45) is 5.41 Å². The minimum atomic E-state index is -4.57. The summed E-state index contributed by atoms with van der Waals surface area (Å²) < 4.78 is 48.1. The number of aromatic nitrogens is 4. The van der Waals surface area contributed by atoms with Gasteiger partial charge in [0, 0.05) is 80.2 Å². The van der Waals surface area contributed by atoms with Crippen LogP contribution in [0.25, 0.3) is 32.9 Å². The Bertz CT molecular complexity index is 2010. The van der Waals surface area contributed by atoms with Crippen LogP contribution in [0.15, 0.2) is 37.1 Å². The molecule has 3 saturated heterocycles. The van der Waals surface area contributed by atoms with Crippen LogP contribution >= 0.6 is 0 Å². The van der Waals surface area contributed by atoms with Crippen molar-refractivity contribution in [3.8, 4) is 16.9 Å². The molecule has 52 heavy (non-hydrogen) atoms. The zero-order valence-electron chi connectivity index (χ0n) is 29.7. The molecule has 0 atom stereocenters. The molecule has 1 aliphatic carbocycles. The molecule has 11 nitrogen and oxygen atoms in total. The minimum Gasteiger partial charge on any atom is -0.481 e. The van der Waals surface area contributed by atoms with Crippen LogP contribution in [0.1, 0.15) is 49.1 Å². The number of piperidine rings is 1. The number of anilines is 2. The molecule has 4 aromatic rings. The van der Waals surface area contributed by atoms with Gasteiger partial charge in [-0.25, -0.2) is 4.98 Å². The number of aryl methyl sites for hydroxylation is 1. The number of fused-ring (bicyclic) bond motifs is 2. The zero-order valence-corrected chi connectivity index (χ0v) is 29.7. The van der Waals surface area contributed by atoms with Crippen molar-refractivity contribution in [3.05, 3.63) is 48.2 Å². The van der Waals surface area contributed by atoms with E-state index in [0.29, 0.717) is 73.9 Å². The summed E-state index contributed by atoms with van der Waals surface area (Å²) in [4.78, 5) is 30.8. The van der Waals surface area contributed by atoms with Gasteiger partial charge in [0.25, 0.3) is 0 Å². The van der Waals surface area contributed by atoms with E-state index >= 15 is 0 Å². The Balaban J connectivity index is 1.27. The van der Waals surface area contributed by atoms with Gasteiger partial charge in [-0.15, -0.1) is 0 Å². The molecule has 2 N–H and O–H groups in total. The molecule has 276 valence electrons. The Labute approximate surface area is 300 Å². The van der Waals surface area contributed by atoms with E-state index in [9.17, 15) is 23.1 Å². The molecule has 0 bridgehead atoms. The molecule has 2 aromatic carbocycles. The fraction of sp³-hybridized carbons (Fsp3) is 0.526. The number of aliphatic hydroxyl groups excluding tert-OH is 1. The summed E-state index contributed by atoms with van der Waals surface area (Å²) in [6.07, 6.45) is 2.78. The quantitative estimate of drug-likeness (QED) is 0.197. The Morgan fingerprint density at radius 1 is 1.13 bits per heavy atom. The van der Waals surface area contributed by atoms with Crippen LogP contribution in [-0.2, 0) is 4.79 Å². The molecule has 8 rings (SSSR count). The highest BCUT2D eigenvalue weighted by molar-refractivity contribution is 6.06. The number of H-pyrrole nitrogens is 1. The van der Waals surface area contributed by atoms with Gasteiger partial charge in [-0.3, -0.25) is 14.8 Å². The number of rotatable bonds is 11. The fourth-order valence-corrected chi connectivity index (χ4v) is 8.30. The lowest BCUT2D eigenvalue weighted by atomic mass is 9.72. The molecule has 4 aliphatic rings. The minimum absolute atomic E-state index is 0.0405. The summed E-state index contributed by atoms with van der Waals surface area (Å²) >= 11 is 0. The Kier molecular flexibility index (Phi) is 8.80. The summed E-state index contributed by atoms with van der Waals surface area (Å²) in [6.45, 7) is 9.12. The number of aromatic amines is 1. The van der Waals surface area contributed by atoms with E-state index in [-0.39, 0.29) is 35.6 Å². The number of carbonyl (C=O) groups is 1. The molecule has 3 aliphatic heterocycles. The SMILES string of the molecule is C=CC(=O)N1CC2(CCN(c3nc(N4CC(N(C)CCCO)C4)nc4c(OCC(F)(F)F)c(-c5c(C)ccc6[nH]ncc56)c(C5CC5)cc34)CC2)C1. The third-order valence-corrected chi connectivity index (χ3v) is 11.5. The maximum Gasteiger partial charge on any atom is 0.422 e. The number of amides is 1. The lowest BCUT2D eigenvalue weighted by molar-refractivity contribution is -0.153. The third kappa shape index (κ3) is 6.33. The van der Waals surface area contributed by atoms with Crippen molar-refractivity contribution >= 4 is 39.5 Å². The first-order chi connectivity index (χ1) is 25.0. The maximum atomic E-state index is 14.1. The van der Waals surface area contributed by atoms with Crippen LogP contribution in [0.2, 0.25) is 0 Å². The number of halogens is 3. The molecule has 1 saturated carbocycles. The standard InChI is InChI=1S/C38H45F3N8O3/c1-4-30(51)49-20-37(21-49)10-13-47(14-11-37)35-27-16-26(24-7-8-24)32(31-23(2)6-9-29-28(31)17-42-45-29)34(52-22-38(39,40)41)33(27)43-36(44-35)48-18-25(19-48)46(3)12-5-15-50/h4,6,9,16-17,24-25,50H,1,5,7-8,10-15,18-22H2,2-3H3,(H,42,45). The maximum absolute atomic E-state index is 14.1. The number of aliphatic hydroxyl groups is 1. The van der Waals surface area contributed by atoms with Crippen LogP contribution in [0.3, 0.4) is 0 Å². The van der Waals surface area contributed by atoms with Crippen molar-refractivity contribution in [1.29, 1.82) is 0 Å². The first-order valence-corrected chi connectivity index (χ1v) is 18.2. The molecular formula is C38H45F3N8O3. The third-order valence-electron chi connectivity index (χ3n) is 11.5. The predicted octanol–water partition coefficient (Wildman–Crippen LogP) is 5.42. The van der Waals surface area contributed by atoms with Crippen molar-refractivity contribution in [3.63, 3.8) is 0 Å². The van der Waals surface area contributed by atoms with Gasteiger partial charge < -0.3 is 24.5 Å². The van der Waals surface area contributed by atoms with Crippen molar-refractivity contribution < 1.29 is 27.8 Å². The molecule has 14 heteroatoms. The number of likely N-dealkylation sites (N-methyl/N-ethyl adjacent to an activating group) is 1. The molecule has 2 aromatic heterocycles. The van der Waals surface area contributed by atoms with Crippen molar-refractivity contribution in [2.75, 3.05) is 75.9 Å². The lowest BCUT2D eigenvalue weighted by Crippen LogP contribution is -2.61. The number of ether oxygens (including phenoxy) is 1. The van der Waals surface area contributed by atoms with E-state index < -0.39 is 12.8 Å². The number of nitrogens with one attached hydrogen (secondary N) is 1. The molecule has 1 amide bonds. The molecule has 1 spiro atoms. The highest BCUT2D eigenvalue weighted by Crippen LogP contribution is 2.53. The topological polar surface area (TPSA) is 114 Å². The number of nitrogens with zero attached hydrogens (tertiary/aromatic N) is 7. The first kappa shape index (κ1) is 34.6. The van der Waals surface area contributed by atoms with E-state index in [4.69, 9.17) is 14.7 Å². The fourth-order valence-electron chi connectivity index (χ4n) is 8.30. The van der Waals surface area contributed by atoms with Gasteiger partial charge in [0.2, 0.25) is 11.9 Å². The van der Waals surface area contributed by atoms with Crippen LogP contribution < -0.4 is 14.5 Å². The molecule has 0 radical (unpaired) electrons. The van der Waals surface area contributed by atoms with E-state index in [0.717, 1.165) is 59.8 Å². The van der Waals surface area contributed by atoms with Gasteiger partial charge in [0.15, 0.2) is 12.4 Å². The van der Waals surface area contributed by atoms with E-state index in [1.54, 1.807) is 6.20 Å². The number of carbonyl (C=O) groups excluding carboxylic acids is 1. The smallest absolute Gasteiger partial charge is 0.422 e. The second-order valence-corrected chi connectivity index (χ2v) is 15.2. The van der Waals surface area contributed by atoms with Crippen LogP contribution in [0, 0.1) is 12.3 Å². The monoisotopic (exact) mass is 718 g/mol. The van der Waals surface area contributed by atoms with Gasteiger partial charge in [-0.05, 0) is 86.9 Å². The number of likely N-dealkylation sites (tertiary alicyclic amines) is 1. The number of alkyl halides is 3. The summed E-state index contributed by atoms with van der Waals surface area (Å²) in [5, 5.41) is 18.2. The highest BCUT2D eigenvalue weighted by atomic mass is 19.4. The van der Waals surface area contributed by atoms with Gasteiger partial charge in [0.05, 0.1) is 11.7 Å². The summed E-state index contributed by atoms with van der Waals surface area (Å²) in [5.74, 6) is 1.41. The summed E-state index contributed by atoms with van der Waals surface area (Å²) in [5.41, 5.74) is 4.49. The predicted molar refractivity (Wildman–Crippen MR) is 194 cm³/mol. The highest BCUT2D eigenvalue weighted by Gasteiger charge is 2.47. The zero-order chi connectivity index (χ0) is 36.4. The largest absolute Gasteiger partial charge is 0.481 e. The normalized spacial score (nSPS) is 19.1. The molecule has 0 unspecified atom stereocenters. The van der Waals surface area contributed by atoms with E-state index in [2.05, 4.69) is 37.5 Å². The van der Waals surface area contributed by atoms with Gasteiger partial charge >= 0.3 is 6.18 Å². The van der Waals surface area contributed by atoms with Crippen LogP contribution in [0.5, 0.6) is 5.75 Å². The first-order valence-electron chi connectivity index (χ1n) is 18.2. The lowest BCUT2D eigenvalue weighted by Gasteiger charge is -2.54. The van der Waals surface area contributed by atoms with E-state index in [1.807, 2.05) is 31.0 Å². The average Bonchev–Trinajstić information content (AvgIpc) is 3.83. The summed E-state index contributed by atoms with van der Waals surface area (Å²) in [7, 11) is 2.03.